The maximum Gasteiger partial charge on any atom is 0.288 e. The Balaban J connectivity index is 3.24. The Morgan fingerprint density at radius 1 is 1.35 bits per heavy atom. The molecule has 0 saturated heterocycles. The number of rotatable bonds is 3. The second-order valence-electron chi connectivity index (χ2n) is 4.86. The highest BCUT2D eigenvalue weighted by Gasteiger charge is 2.23. The van der Waals surface area contributed by atoms with Crippen molar-refractivity contribution in [2.45, 2.75) is 33.1 Å². The Hall–Kier alpha value is -1.35. The zero-order chi connectivity index (χ0) is 13.2. The van der Waals surface area contributed by atoms with Gasteiger partial charge in [0.25, 0.3) is 5.24 Å². The number of hydrogen-bond acceptors (Lipinski definition) is 3. The van der Waals surface area contributed by atoms with E-state index in [1.54, 1.807) is 6.07 Å². The van der Waals surface area contributed by atoms with E-state index in [-0.39, 0.29) is 17.0 Å². The molecule has 0 aliphatic carbocycles. The van der Waals surface area contributed by atoms with Crippen LogP contribution in [-0.2, 0) is 10.2 Å². The Kier molecular flexibility index (Phi) is 3.94. The van der Waals surface area contributed by atoms with Crippen molar-refractivity contribution in [1.29, 1.82) is 0 Å². The standard InChI is InChI=1S/C13H15ClO3/c1-8(15)5-6-9-7-10(13(2,3)4)17-11(9)12(14)16/h5-7H,1-4H3/b6-5+. The van der Waals surface area contributed by atoms with Crippen LogP contribution >= 0.6 is 11.6 Å². The Bertz CT molecular complexity index is 475. The zero-order valence-electron chi connectivity index (χ0n) is 10.3. The van der Waals surface area contributed by atoms with Gasteiger partial charge >= 0.3 is 0 Å². The van der Waals surface area contributed by atoms with Crippen molar-refractivity contribution in [1.82, 2.24) is 0 Å². The second-order valence-corrected chi connectivity index (χ2v) is 5.21. The lowest BCUT2D eigenvalue weighted by Crippen LogP contribution is -2.09. The monoisotopic (exact) mass is 254 g/mol. The molecule has 1 aromatic heterocycles. The number of furan rings is 1. The molecule has 0 amide bonds. The lowest BCUT2D eigenvalue weighted by atomic mass is 9.93. The van der Waals surface area contributed by atoms with E-state index in [2.05, 4.69) is 0 Å². The summed E-state index contributed by atoms with van der Waals surface area (Å²) in [6, 6.07) is 1.73. The van der Waals surface area contributed by atoms with Gasteiger partial charge in [-0.1, -0.05) is 20.8 Å². The largest absolute Gasteiger partial charge is 0.455 e. The van der Waals surface area contributed by atoms with Gasteiger partial charge < -0.3 is 4.42 Å². The highest BCUT2D eigenvalue weighted by Crippen LogP contribution is 2.28. The van der Waals surface area contributed by atoms with Crippen LogP contribution in [0.5, 0.6) is 0 Å². The maximum atomic E-state index is 11.2. The summed E-state index contributed by atoms with van der Waals surface area (Å²) >= 11 is 5.44. The molecule has 1 rings (SSSR count). The molecule has 17 heavy (non-hydrogen) atoms. The van der Waals surface area contributed by atoms with Crippen molar-refractivity contribution in [2.75, 3.05) is 0 Å². The molecule has 0 aliphatic heterocycles. The smallest absolute Gasteiger partial charge is 0.288 e. The lowest BCUT2D eigenvalue weighted by Gasteiger charge is -2.13. The summed E-state index contributed by atoms with van der Waals surface area (Å²) in [5, 5.41) is -0.663. The molecule has 0 aliphatic rings. The quantitative estimate of drug-likeness (QED) is 0.612. The van der Waals surface area contributed by atoms with Crippen LogP contribution in [0, 0.1) is 0 Å². The molecule has 4 heteroatoms. The normalized spacial score (nSPS) is 12.1. The lowest BCUT2D eigenvalue weighted by molar-refractivity contribution is -0.112. The number of carbonyl (C=O) groups excluding carboxylic acids is 2. The molecule has 1 aromatic rings. The van der Waals surface area contributed by atoms with Crippen molar-refractivity contribution < 1.29 is 14.0 Å². The predicted molar refractivity (Wildman–Crippen MR) is 67.3 cm³/mol. The highest BCUT2D eigenvalue weighted by atomic mass is 35.5. The van der Waals surface area contributed by atoms with E-state index in [0.717, 1.165) is 0 Å². The predicted octanol–water partition coefficient (Wildman–Crippen LogP) is 3.56. The number of halogens is 1. The summed E-state index contributed by atoms with van der Waals surface area (Å²) in [7, 11) is 0. The van der Waals surface area contributed by atoms with Crippen molar-refractivity contribution in [3.8, 4) is 0 Å². The number of allylic oxidation sites excluding steroid dienone is 1. The first-order chi connectivity index (χ1) is 7.71. The molecule has 0 N–H and O–H groups in total. The number of carbonyl (C=O) groups is 2. The SMILES string of the molecule is CC(=O)/C=C/c1cc(C(C)(C)C)oc1C(=O)Cl. The molecule has 0 unspecified atom stereocenters. The molecule has 0 radical (unpaired) electrons. The van der Waals surface area contributed by atoms with Crippen LogP contribution in [0.25, 0.3) is 6.08 Å². The van der Waals surface area contributed by atoms with Crippen molar-refractivity contribution in [2.24, 2.45) is 0 Å². The van der Waals surface area contributed by atoms with Gasteiger partial charge in [0, 0.05) is 11.0 Å². The zero-order valence-corrected chi connectivity index (χ0v) is 11.1. The highest BCUT2D eigenvalue weighted by molar-refractivity contribution is 6.67. The molecule has 0 spiro atoms. The Labute approximate surface area is 105 Å². The van der Waals surface area contributed by atoms with Gasteiger partial charge in [0.1, 0.15) is 5.76 Å². The molecule has 3 nitrogen and oxygen atoms in total. The summed E-state index contributed by atoms with van der Waals surface area (Å²) in [5.41, 5.74) is 0.314. The van der Waals surface area contributed by atoms with Gasteiger partial charge in [-0.3, -0.25) is 9.59 Å². The summed E-state index contributed by atoms with van der Waals surface area (Å²) in [6.07, 6.45) is 2.91. The van der Waals surface area contributed by atoms with Crippen LogP contribution in [0.2, 0.25) is 0 Å². The third-order valence-corrected chi connectivity index (χ3v) is 2.35. The van der Waals surface area contributed by atoms with E-state index in [4.69, 9.17) is 16.0 Å². The van der Waals surface area contributed by atoms with Gasteiger partial charge in [-0.15, -0.1) is 0 Å². The van der Waals surface area contributed by atoms with E-state index in [0.29, 0.717) is 11.3 Å². The van der Waals surface area contributed by atoms with Crippen LogP contribution in [0.3, 0.4) is 0 Å². The average Bonchev–Trinajstić information content (AvgIpc) is 2.57. The summed E-state index contributed by atoms with van der Waals surface area (Å²) in [4.78, 5) is 22.1. The summed E-state index contributed by atoms with van der Waals surface area (Å²) in [6.45, 7) is 7.33. The molecule has 0 aromatic carbocycles. The molecule has 0 saturated carbocycles. The first-order valence-corrected chi connectivity index (χ1v) is 5.62. The van der Waals surface area contributed by atoms with E-state index >= 15 is 0 Å². The second kappa shape index (κ2) is 4.88. The maximum absolute atomic E-state index is 11.2. The van der Waals surface area contributed by atoms with Gasteiger partial charge in [-0.2, -0.15) is 0 Å². The van der Waals surface area contributed by atoms with E-state index in [1.165, 1.54) is 19.1 Å². The average molecular weight is 255 g/mol. The minimum absolute atomic E-state index is 0.0779. The molecule has 1 heterocycles. The van der Waals surface area contributed by atoms with Gasteiger partial charge in [-0.05, 0) is 36.7 Å². The summed E-state index contributed by atoms with van der Waals surface area (Å²) < 4.78 is 5.43. The van der Waals surface area contributed by atoms with Gasteiger partial charge in [-0.25, -0.2) is 0 Å². The van der Waals surface area contributed by atoms with E-state index in [1.807, 2.05) is 20.8 Å². The first kappa shape index (κ1) is 13.7. The molecule has 0 fully saturated rings. The summed E-state index contributed by atoms with van der Waals surface area (Å²) in [5.74, 6) is 0.635. The number of hydrogen-bond donors (Lipinski definition) is 0. The third-order valence-electron chi connectivity index (χ3n) is 2.18. The van der Waals surface area contributed by atoms with Crippen LogP contribution in [0.4, 0.5) is 0 Å². The van der Waals surface area contributed by atoms with Gasteiger partial charge in [0.2, 0.25) is 0 Å². The number of ketones is 1. The third kappa shape index (κ3) is 3.56. The minimum atomic E-state index is -0.663. The molecule has 0 bridgehead atoms. The van der Waals surface area contributed by atoms with Crippen LogP contribution in [-0.4, -0.2) is 11.0 Å². The van der Waals surface area contributed by atoms with Crippen molar-refractivity contribution in [3.63, 3.8) is 0 Å². The van der Waals surface area contributed by atoms with Crippen LogP contribution in [0.1, 0.15) is 49.6 Å². The minimum Gasteiger partial charge on any atom is -0.455 e. The molecule has 92 valence electrons. The first-order valence-electron chi connectivity index (χ1n) is 5.24. The fourth-order valence-electron chi connectivity index (χ4n) is 1.26. The van der Waals surface area contributed by atoms with Crippen molar-refractivity contribution in [3.05, 3.63) is 29.2 Å². The topological polar surface area (TPSA) is 47.3 Å². The Morgan fingerprint density at radius 2 is 1.94 bits per heavy atom. The molecule has 0 atom stereocenters. The van der Waals surface area contributed by atoms with Crippen molar-refractivity contribution >= 4 is 28.7 Å². The van der Waals surface area contributed by atoms with Gasteiger partial charge in [0.15, 0.2) is 11.5 Å². The molecular formula is C13H15ClO3. The van der Waals surface area contributed by atoms with E-state index in [9.17, 15) is 9.59 Å². The van der Waals surface area contributed by atoms with Crippen LogP contribution in [0.15, 0.2) is 16.6 Å². The fourth-order valence-corrected chi connectivity index (χ4v) is 1.41. The molecular weight excluding hydrogens is 240 g/mol. The van der Waals surface area contributed by atoms with Crippen LogP contribution < -0.4 is 0 Å². The Morgan fingerprint density at radius 3 is 2.35 bits per heavy atom. The van der Waals surface area contributed by atoms with Gasteiger partial charge in [0.05, 0.1) is 0 Å². The fraction of sp³-hybridized carbons (Fsp3) is 0.385. The van der Waals surface area contributed by atoms with E-state index < -0.39 is 5.24 Å².